The van der Waals surface area contributed by atoms with Crippen molar-refractivity contribution in [1.29, 1.82) is 0 Å². The molecule has 36 heavy (non-hydrogen) atoms. The second-order valence-electron chi connectivity index (χ2n) is 7.72. The van der Waals surface area contributed by atoms with Crippen molar-refractivity contribution in [2.75, 3.05) is 17.2 Å². The molecule has 2 amide bonds. The second-order valence-corrected chi connectivity index (χ2v) is 9.87. The van der Waals surface area contributed by atoms with E-state index in [1.165, 1.54) is 0 Å². The van der Waals surface area contributed by atoms with Crippen LogP contribution in [0.25, 0.3) is 0 Å². The number of ether oxygens (including phenoxy) is 2. The molecule has 0 aliphatic rings. The summed E-state index contributed by atoms with van der Waals surface area (Å²) in [5, 5.41) is 5.93. The van der Waals surface area contributed by atoms with E-state index in [0.29, 0.717) is 39.9 Å². The summed E-state index contributed by atoms with van der Waals surface area (Å²) in [6, 6.07) is 17.9. The number of benzene rings is 3. The number of carbonyl (C=O) groups is 3. The summed E-state index contributed by atoms with van der Waals surface area (Å²) < 4.78 is 12.4. The van der Waals surface area contributed by atoms with Crippen LogP contribution in [0, 0.1) is 6.92 Å². The predicted molar refractivity (Wildman–Crippen MR) is 147 cm³/mol. The minimum absolute atomic E-state index is 0.0177. The van der Waals surface area contributed by atoms with Crippen LogP contribution < -0.4 is 15.4 Å². The summed E-state index contributed by atoms with van der Waals surface area (Å²) in [6.45, 7) is 1.35. The molecule has 0 saturated carbocycles. The molecule has 0 saturated heterocycles. The van der Waals surface area contributed by atoms with E-state index in [2.05, 4.69) is 42.5 Å². The molecule has 3 aromatic carbocycles. The molecule has 0 unspecified atom stereocenters. The summed E-state index contributed by atoms with van der Waals surface area (Å²) in [6.07, 6.45) is 0.442. The summed E-state index contributed by atoms with van der Waals surface area (Å²) in [5.41, 5.74) is 1.85. The number of anilines is 2. The van der Waals surface area contributed by atoms with Crippen molar-refractivity contribution in [3.05, 3.63) is 80.2 Å². The first-order valence-corrected chi connectivity index (χ1v) is 12.9. The van der Waals surface area contributed by atoms with Crippen LogP contribution in [0.1, 0.15) is 24.8 Å². The fourth-order valence-corrected chi connectivity index (χ4v) is 3.91. The van der Waals surface area contributed by atoms with Gasteiger partial charge in [0, 0.05) is 33.2 Å². The van der Waals surface area contributed by atoms with Gasteiger partial charge in [0.25, 0.3) is 5.91 Å². The molecule has 188 valence electrons. The Balaban J connectivity index is 1.34. The molecule has 0 heterocycles. The lowest BCUT2D eigenvalue weighted by atomic mass is 10.2. The second kappa shape index (κ2) is 13.4. The van der Waals surface area contributed by atoms with Gasteiger partial charge < -0.3 is 20.1 Å². The monoisotopic (exact) mass is 636 g/mol. The number of hydrogen-bond acceptors (Lipinski definition) is 5. The Kier molecular flexibility index (Phi) is 10.3. The summed E-state index contributed by atoms with van der Waals surface area (Å²) in [5.74, 6) is 0.0745. The van der Waals surface area contributed by atoms with Gasteiger partial charge in [-0.2, -0.15) is 0 Å². The van der Waals surface area contributed by atoms with E-state index >= 15 is 0 Å². The molecule has 0 atom stereocenters. The van der Waals surface area contributed by atoms with Gasteiger partial charge in [-0.15, -0.1) is 0 Å². The average molecular weight is 639 g/mol. The Morgan fingerprint density at radius 1 is 0.833 bits per heavy atom. The Hall–Kier alpha value is -2.88. The number of halogens is 3. The van der Waals surface area contributed by atoms with E-state index in [1.807, 2.05) is 24.3 Å². The van der Waals surface area contributed by atoms with Gasteiger partial charge in [-0.25, -0.2) is 0 Å². The zero-order valence-corrected chi connectivity index (χ0v) is 23.2. The Bertz CT molecular complexity index is 1230. The number of nitrogens with one attached hydrogen (secondary N) is 2. The van der Waals surface area contributed by atoms with E-state index in [1.54, 1.807) is 43.3 Å². The summed E-state index contributed by atoms with van der Waals surface area (Å²) in [4.78, 5) is 36.2. The van der Waals surface area contributed by atoms with Crippen molar-refractivity contribution in [3.63, 3.8) is 0 Å². The highest BCUT2D eigenvalue weighted by atomic mass is 79.9. The van der Waals surface area contributed by atoms with Gasteiger partial charge in [0.1, 0.15) is 11.5 Å². The van der Waals surface area contributed by atoms with Gasteiger partial charge in [-0.1, -0.05) is 27.5 Å². The van der Waals surface area contributed by atoms with Crippen LogP contribution in [0.4, 0.5) is 11.4 Å². The molecular formula is C26H23Br2ClN2O5. The first kappa shape index (κ1) is 27.7. The van der Waals surface area contributed by atoms with E-state index in [9.17, 15) is 14.4 Å². The lowest BCUT2D eigenvalue weighted by Crippen LogP contribution is -2.21. The van der Waals surface area contributed by atoms with E-state index in [-0.39, 0.29) is 18.7 Å². The van der Waals surface area contributed by atoms with Crippen molar-refractivity contribution in [2.24, 2.45) is 0 Å². The zero-order valence-electron chi connectivity index (χ0n) is 19.3. The molecule has 0 aliphatic carbocycles. The van der Waals surface area contributed by atoms with E-state index in [4.69, 9.17) is 21.1 Å². The summed E-state index contributed by atoms with van der Waals surface area (Å²) >= 11 is 12.8. The Morgan fingerprint density at radius 2 is 1.47 bits per heavy atom. The molecule has 3 aromatic rings. The lowest BCUT2D eigenvalue weighted by molar-refractivity contribution is -0.147. The third kappa shape index (κ3) is 8.65. The standard InChI is InChI=1S/C26H23Br2ClN2O5/c1-16-22(14-13-21(28)26(16)29)31-24(33)15-35-25(34)4-2-3-23(32)30-18-7-11-20(12-8-18)36-19-9-5-17(27)6-10-19/h5-14H,2-4,15H2,1H3,(H,30,32)(H,31,33). The van der Waals surface area contributed by atoms with Crippen LogP contribution in [0.2, 0.25) is 5.02 Å². The maximum atomic E-state index is 12.2. The van der Waals surface area contributed by atoms with Crippen LogP contribution in [-0.4, -0.2) is 24.4 Å². The molecule has 0 bridgehead atoms. The number of hydrogen-bond donors (Lipinski definition) is 2. The van der Waals surface area contributed by atoms with Gasteiger partial charge in [0.15, 0.2) is 6.61 Å². The SMILES string of the molecule is Cc1c(NC(=O)COC(=O)CCCC(=O)Nc2ccc(Oc3ccc(Br)cc3)cc2)ccc(Br)c1Cl. The van der Waals surface area contributed by atoms with E-state index < -0.39 is 18.5 Å². The molecule has 0 fully saturated rings. The molecule has 0 radical (unpaired) electrons. The van der Waals surface area contributed by atoms with E-state index in [0.717, 1.165) is 8.95 Å². The number of amides is 2. The highest BCUT2D eigenvalue weighted by molar-refractivity contribution is 9.10. The van der Waals surface area contributed by atoms with Crippen molar-refractivity contribution in [2.45, 2.75) is 26.2 Å². The van der Waals surface area contributed by atoms with Crippen molar-refractivity contribution >= 4 is 72.6 Å². The molecule has 7 nitrogen and oxygen atoms in total. The van der Waals surface area contributed by atoms with Crippen LogP contribution in [0.5, 0.6) is 11.5 Å². The highest BCUT2D eigenvalue weighted by Gasteiger charge is 2.12. The maximum absolute atomic E-state index is 12.2. The predicted octanol–water partition coefficient (Wildman–Crippen LogP) is 7.26. The largest absolute Gasteiger partial charge is 0.457 e. The number of esters is 1. The molecular weight excluding hydrogens is 616 g/mol. The van der Waals surface area contributed by atoms with Gasteiger partial charge >= 0.3 is 5.97 Å². The van der Waals surface area contributed by atoms with Gasteiger partial charge in [-0.05, 0) is 95.5 Å². The maximum Gasteiger partial charge on any atom is 0.306 e. The fourth-order valence-electron chi connectivity index (χ4n) is 3.05. The Morgan fingerprint density at radius 3 is 2.14 bits per heavy atom. The molecule has 0 aliphatic heterocycles. The topological polar surface area (TPSA) is 93.7 Å². The zero-order chi connectivity index (χ0) is 26.1. The quantitative estimate of drug-likeness (QED) is 0.228. The van der Waals surface area contributed by atoms with Gasteiger partial charge in [-0.3, -0.25) is 14.4 Å². The Labute approximate surface area is 230 Å². The number of rotatable bonds is 10. The first-order valence-electron chi connectivity index (χ1n) is 10.9. The van der Waals surface area contributed by atoms with Crippen LogP contribution >= 0.6 is 43.5 Å². The van der Waals surface area contributed by atoms with Crippen LogP contribution in [-0.2, 0) is 19.1 Å². The molecule has 0 spiro atoms. The smallest absolute Gasteiger partial charge is 0.306 e. The lowest BCUT2D eigenvalue weighted by Gasteiger charge is -2.11. The molecule has 2 N–H and O–H groups in total. The molecule has 10 heteroatoms. The molecule has 3 rings (SSSR count). The van der Waals surface area contributed by atoms with Crippen LogP contribution in [0.15, 0.2) is 69.6 Å². The van der Waals surface area contributed by atoms with Crippen molar-refractivity contribution < 1.29 is 23.9 Å². The third-order valence-electron chi connectivity index (χ3n) is 4.95. The highest BCUT2D eigenvalue weighted by Crippen LogP contribution is 2.31. The minimum Gasteiger partial charge on any atom is -0.457 e. The van der Waals surface area contributed by atoms with Gasteiger partial charge in [0.05, 0.1) is 5.02 Å². The molecule has 0 aromatic heterocycles. The summed E-state index contributed by atoms with van der Waals surface area (Å²) in [7, 11) is 0. The third-order valence-corrected chi connectivity index (χ3v) is 6.85. The van der Waals surface area contributed by atoms with Crippen molar-refractivity contribution in [3.8, 4) is 11.5 Å². The van der Waals surface area contributed by atoms with Crippen molar-refractivity contribution in [1.82, 2.24) is 0 Å². The fraction of sp³-hybridized carbons (Fsp3) is 0.192. The number of carbonyl (C=O) groups excluding carboxylic acids is 3. The average Bonchev–Trinajstić information content (AvgIpc) is 2.86. The van der Waals surface area contributed by atoms with Crippen LogP contribution in [0.3, 0.4) is 0 Å². The minimum atomic E-state index is -0.557. The first-order chi connectivity index (χ1) is 17.2. The normalized spacial score (nSPS) is 10.4. The van der Waals surface area contributed by atoms with Gasteiger partial charge in [0.2, 0.25) is 5.91 Å².